The fourth-order valence-electron chi connectivity index (χ4n) is 2.02. The first-order valence-corrected chi connectivity index (χ1v) is 6.11. The number of nitrogens with two attached hydrogens (primary N) is 1. The van der Waals surface area contributed by atoms with Gasteiger partial charge in [0.05, 0.1) is 0 Å². The van der Waals surface area contributed by atoms with Gasteiger partial charge in [0.1, 0.15) is 18.0 Å². The number of nitrogens with one attached hydrogen (secondary N) is 1. The molecule has 0 aliphatic carbocycles. The van der Waals surface area contributed by atoms with E-state index in [1.165, 1.54) is 0 Å². The molecule has 5 heteroatoms. The Bertz CT molecular complexity index is 362. The Balaban J connectivity index is 3.31. The normalized spacial score (nSPS) is 11.1. The number of hydrazine groups is 1. The van der Waals surface area contributed by atoms with Gasteiger partial charge in [0.25, 0.3) is 0 Å². The van der Waals surface area contributed by atoms with Gasteiger partial charge in [-0.05, 0) is 26.7 Å². The second-order valence-corrected chi connectivity index (χ2v) is 4.64. The van der Waals surface area contributed by atoms with Crippen molar-refractivity contribution in [1.82, 2.24) is 9.97 Å². The SMILES string of the molecule is CCN(c1ncnc(NN)c1C(C)C)C(C)C. The summed E-state index contributed by atoms with van der Waals surface area (Å²) in [6, 6.07) is 0.401. The lowest BCUT2D eigenvalue weighted by molar-refractivity contribution is 0.680. The quantitative estimate of drug-likeness (QED) is 0.606. The van der Waals surface area contributed by atoms with E-state index in [0.29, 0.717) is 17.8 Å². The van der Waals surface area contributed by atoms with Crippen molar-refractivity contribution in [3.05, 3.63) is 11.9 Å². The zero-order valence-corrected chi connectivity index (χ0v) is 11.4. The summed E-state index contributed by atoms with van der Waals surface area (Å²) in [5.74, 6) is 7.53. The molecule has 0 aliphatic heterocycles. The van der Waals surface area contributed by atoms with Gasteiger partial charge >= 0.3 is 0 Å². The van der Waals surface area contributed by atoms with Crippen molar-refractivity contribution in [2.75, 3.05) is 16.9 Å². The zero-order valence-electron chi connectivity index (χ0n) is 11.4. The van der Waals surface area contributed by atoms with E-state index >= 15 is 0 Å². The molecule has 0 atom stereocenters. The Hall–Kier alpha value is -1.36. The zero-order chi connectivity index (χ0) is 13.0. The average molecular weight is 237 g/mol. The van der Waals surface area contributed by atoms with Crippen LogP contribution < -0.4 is 16.2 Å². The number of aromatic nitrogens is 2. The summed E-state index contributed by atoms with van der Waals surface area (Å²) < 4.78 is 0. The van der Waals surface area contributed by atoms with E-state index in [-0.39, 0.29) is 0 Å². The molecule has 0 amide bonds. The second kappa shape index (κ2) is 5.82. The standard InChI is InChI=1S/C12H23N5/c1-6-17(9(4)5)12-10(8(2)3)11(16-13)14-7-15-12/h7-9H,6,13H2,1-5H3,(H,14,15,16). The van der Waals surface area contributed by atoms with Crippen molar-refractivity contribution in [3.63, 3.8) is 0 Å². The van der Waals surface area contributed by atoms with Gasteiger partial charge in [0.2, 0.25) is 0 Å². The highest BCUT2D eigenvalue weighted by Crippen LogP contribution is 2.31. The third-order valence-corrected chi connectivity index (χ3v) is 2.81. The lowest BCUT2D eigenvalue weighted by atomic mass is 10.0. The molecule has 0 aliphatic rings. The van der Waals surface area contributed by atoms with Gasteiger partial charge in [0.15, 0.2) is 0 Å². The van der Waals surface area contributed by atoms with E-state index in [4.69, 9.17) is 5.84 Å². The molecule has 0 spiro atoms. The molecule has 1 aromatic rings. The van der Waals surface area contributed by atoms with Crippen molar-refractivity contribution in [2.45, 2.75) is 46.6 Å². The Kier molecular flexibility index (Phi) is 4.69. The number of rotatable bonds is 5. The predicted octanol–water partition coefficient (Wildman–Crippen LogP) is 2.12. The minimum Gasteiger partial charge on any atom is -0.354 e. The molecule has 1 rings (SSSR count). The van der Waals surface area contributed by atoms with Gasteiger partial charge in [-0.15, -0.1) is 0 Å². The van der Waals surface area contributed by atoms with E-state index in [2.05, 4.69) is 54.9 Å². The summed E-state index contributed by atoms with van der Waals surface area (Å²) >= 11 is 0. The van der Waals surface area contributed by atoms with E-state index in [0.717, 1.165) is 17.9 Å². The first kappa shape index (κ1) is 13.7. The lowest BCUT2D eigenvalue weighted by Crippen LogP contribution is -2.32. The molecule has 1 heterocycles. The Labute approximate surface area is 103 Å². The van der Waals surface area contributed by atoms with Gasteiger partial charge in [-0.2, -0.15) is 0 Å². The molecule has 3 N–H and O–H groups in total. The number of nitrogens with zero attached hydrogens (tertiary/aromatic N) is 3. The largest absolute Gasteiger partial charge is 0.354 e. The number of hydrogen-bond acceptors (Lipinski definition) is 5. The minimum absolute atomic E-state index is 0.324. The first-order chi connectivity index (χ1) is 8.02. The van der Waals surface area contributed by atoms with E-state index in [1.54, 1.807) is 6.33 Å². The van der Waals surface area contributed by atoms with Crippen LogP contribution in [-0.4, -0.2) is 22.6 Å². The van der Waals surface area contributed by atoms with Crippen molar-refractivity contribution < 1.29 is 0 Å². The molecular formula is C12H23N5. The van der Waals surface area contributed by atoms with Crippen LogP contribution in [0.2, 0.25) is 0 Å². The van der Waals surface area contributed by atoms with Crippen LogP contribution in [0.4, 0.5) is 11.6 Å². The Morgan fingerprint density at radius 2 is 1.94 bits per heavy atom. The summed E-state index contributed by atoms with van der Waals surface area (Å²) in [7, 11) is 0. The molecule has 0 fully saturated rings. The molecular weight excluding hydrogens is 214 g/mol. The van der Waals surface area contributed by atoms with Gasteiger partial charge in [-0.3, -0.25) is 0 Å². The third-order valence-electron chi connectivity index (χ3n) is 2.81. The smallest absolute Gasteiger partial charge is 0.148 e. The second-order valence-electron chi connectivity index (χ2n) is 4.64. The molecule has 0 saturated carbocycles. The highest BCUT2D eigenvalue weighted by atomic mass is 15.3. The van der Waals surface area contributed by atoms with Crippen LogP contribution >= 0.6 is 0 Å². The number of nitrogen functional groups attached to an aromatic ring is 1. The summed E-state index contributed by atoms with van der Waals surface area (Å²) in [6.07, 6.45) is 1.56. The minimum atomic E-state index is 0.324. The average Bonchev–Trinajstić information content (AvgIpc) is 2.28. The van der Waals surface area contributed by atoms with Gasteiger partial charge in [0, 0.05) is 18.2 Å². The molecule has 0 bridgehead atoms. The van der Waals surface area contributed by atoms with E-state index < -0.39 is 0 Å². The molecule has 17 heavy (non-hydrogen) atoms. The third kappa shape index (κ3) is 2.85. The maximum atomic E-state index is 5.52. The van der Waals surface area contributed by atoms with Crippen LogP contribution in [0.3, 0.4) is 0 Å². The Morgan fingerprint density at radius 3 is 2.35 bits per heavy atom. The molecule has 1 aromatic heterocycles. The lowest BCUT2D eigenvalue weighted by Gasteiger charge is -2.29. The van der Waals surface area contributed by atoms with Crippen molar-refractivity contribution in [1.29, 1.82) is 0 Å². The molecule has 0 unspecified atom stereocenters. The topological polar surface area (TPSA) is 67.1 Å². The molecule has 96 valence electrons. The van der Waals surface area contributed by atoms with Crippen molar-refractivity contribution >= 4 is 11.6 Å². The molecule has 0 radical (unpaired) electrons. The maximum absolute atomic E-state index is 5.52. The van der Waals surface area contributed by atoms with Crippen LogP contribution in [0.25, 0.3) is 0 Å². The first-order valence-electron chi connectivity index (χ1n) is 6.11. The molecule has 0 saturated heterocycles. The van der Waals surface area contributed by atoms with Crippen LogP contribution in [0.1, 0.15) is 46.1 Å². The molecule has 0 aromatic carbocycles. The summed E-state index contributed by atoms with van der Waals surface area (Å²) in [4.78, 5) is 10.8. The molecule has 5 nitrogen and oxygen atoms in total. The van der Waals surface area contributed by atoms with Crippen LogP contribution in [0.5, 0.6) is 0 Å². The number of hydrogen-bond donors (Lipinski definition) is 2. The summed E-state index contributed by atoms with van der Waals surface area (Å²) in [5, 5.41) is 0. The van der Waals surface area contributed by atoms with Gasteiger partial charge < -0.3 is 10.3 Å². The van der Waals surface area contributed by atoms with E-state index in [1.807, 2.05) is 0 Å². The summed E-state index contributed by atoms with van der Waals surface area (Å²) in [6.45, 7) is 11.6. The van der Waals surface area contributed by atoms with Crippen molar-refractivity contribution in [3.8, 4) is 0 Å². The highest BCUT2D eigenvalue weighted by Gasteiger charge is 2.20. The van der Waals surface area contributed by atoms with Gasteiger partial charge in [-0.1, -0.05) is 13.8 Å². The fourth-order valence-corrected chi connectivity index (χ4v) is 2.02. The van der Waals surface area contributed by atoms with Crippen LogP contribution in [0.15, 0.2) is 6.33 Å². The predicted molar refractivity (Wildman–Crippen MR) is 72.1 cm³/mol. The van der Waals surface area contributed by atoms with Crippen molar-refractivity contribution in [2.24, 2.45) is 5.84 Å². The van der Waals surface area contributed by atoms with Crippen LogP contribution in [0, 0.1) is 0 Å². The van der Waals surface area contributed by atoms with E-state index in [9.17, 15) is 0 Å². The number of anilines is 2. The summed E-state index contributed by atoms with van der Waals surface area (Å²) in [5.41, 5.74) is 3.73. The monoisotopic (exact) mass is 237 g/mol. The Morgan fingerprint density at radius 1 is 1.29 bits per heavy atom. The maximum Gasteiger partial charge on any atom is 0.148 e. The van der Waals surface area contributed by atoms with Crippen LogP contribution in [-0.2, 0) is 0 Å². The fraction of sp³-hybridized carbons (Fsp3) is 0.667. The highest BCUT2D eigenvalue weighted by molar-refractivity contribution is 5.60. The van der Waals surface area contributed by atoms with Gasteiger partial charge in [-0.25, -0.2) is 15.8 Å².